The van der Waals surface area contributed by atoms with Crippen LogP contribution < -0.4 is 4.90 Å². The molecule has 0 saturated carbocycles. The minimum atomic E-state index is -0.411. The number of guanidine groups is 1. The number of amides is 1. The third kappa shape index (κ3) is 4.33. The smallest absolute Gasteiger partial charge is 0.259 e. The van der Waals surface area contributed by atoms with Crippen LogP contribution in [-0.2, 0) is 11.2 Å². The molecule has 5 heteroatoms. The van der Waals surface area contributed by atoms with Crippen molar-refractivity contribution in [1.82, 2.24) is 4.90 Å². The van der Waals surface area contributed by atoms with Crippen LogP contribution in [0.5, 0.6) is 0 Å². The van der Waals surface area contributed by atoms with E-state index in [9.17, 15) is 4.79 Å². The Morgan fingerprint density at radius 3 is 2.59 bits per heavy atom. The van der Waals surface area contributed by atoms with Crippen LogP contribution in [0.2, 0.25) is 5.02 Å². The fourth-order valence-corrected chi connectivity index (χ4v) is 3.37. The summed E-state index contributed by atoms with van der Waals surface area (Å²) < 4.78 is 0. The highest BCUT2D eigenvalue weighted by molar-refractivity contribution is 6.32. The van der Waals surface area contributed by atoms with Crippen LogP contribution in [0.15, 0.2) is 53.5 Å². The predicted molar refractivity (Wildman–Crippen MR) is 113 cm³/mol. The Balaban J connectivity index is 1.92. The zero-order valence-corrected chi connectivity index (χ0v) is 16.9. The summed E-state index contributed by atoms with van der Waals surface area (Å²) in [5, 5.41) is 0.655. The molecule has 1 aliphatic heterocycles. The minimum absolute atomic E-state index is 0.00267. The summed E-state index contributed by atoms with van der Waals surface area (Å²) in [5.41, 5.74) is 2.87. The summed E-state index contributed by atoms with van der Waals surface area (Å²) in [5.74, 6) is 0.700. The first kappa shape index (κ1) is 19.4. The van der Waals surface area contributed by atoms with Crippen LogP contribution >= 0.6 is 11.6 Å². The fraction of sp³-hybridized carbons (Fsp3) is 0.364. The Morgan fingerprint density at radius 1 is 1.19 bits per heavy atom. The monoisotopic (exact) mass is 383 g/mol. The van der Waals surface area contributed by atoms with Gasteiger partial charge in [0.1, 0.15) is 6.04 Å². The number of anilines is 1. The Bertz CT molecular complexity index is 835. The van der Waals surface area contributed by atoms with E-state index in [4.69, 9.17) is 16.6 Å². The molecule has 0 fully saturated rings. The number of carbonyl (C=O) groups excluding carboxylic acids is 1. The van der Waals surface area contributed by atoms with E-state index in [2.05, 4.69) is 11.8 Å². The Labute approximate surface area is 166 Å². The van der Waals surface area contributed by atoms with E-state index in [0.717, 1.165) is 36.2 Å². The van der Waals surface area contributed by atoms with Crippen LogP contribution in [0.3, 0.4) is 0 Å². The first-order valence-electron chi connectivity index (χ1n) is 9.44. The highest BCUT2D eigenvalue weighted by atomic mass is 35.5. The van der Waals surface area contributed by atoms with Gasteiger partial charge in [-0.2, -0.15) is 0 Å². The summed E-state index contributed by atoms with van der Waals surface area (Å²) in [6.45, 7) is 4.97. The van der Waals surface area contributed by atoms with Gasteiger partial charge in [-0.15, -0.1) is 0 Å². The fourth-order valence-electron chi connectivity index (χ4n) is 3.20. The number of unbranched alkanes of at least 4 members (excludes halogenated alkanes) is 1. The maximum atomic E-state index is 13.2. The average Bonchev–Trinajstić information content (AvgIpc) is 2.99. The van der Waals surface area contributed by atoms with E-state index in [0.29, 0.717) is 17.4 Å². The van der Waals surface area contributed by atoms with E-state index < -0.39 is 6.04 Å². The topological polar surface area (TPSA) is 35.9 Å². The molecule has 0 saturated heterocycles. The molecule has 0 N–H and O–H groups in total. The van der Waals surface area contributed by atoms with Crippen molar-refractivity contribution in [2.24, 2.45) is 4.99 Å². The zero-order valence-electron chi connectivity index (χ0n) is 16.2. The number of rotatable bonds is 6. The molecule has 0 aliphatic carbocycles. The SMILES string of the molecule is CCCCN(C)C1=NC(Cc2ccccc2)C(=O)N1c1ccc(C)c(Cl)c1. The summed E-state index contributed by atoms with van der Waals surface area (Å²) in [4.78, 5) is 21.8. The van der Waals surface area contributed by atoms with Gasteiger partial charge in [0.05, 0.1) is 5.69 Å². The van der Waals surface area contributed by atoms with Crippen molar-refractivity contribution in [1.29, 1.82) is 0 Å². The molecule has 3 rings (SSSR count). The summed E-state index contributed by atoms with van der Waals surface area (Å²) in [6, 6.07) is 15.4. The molecule has 1 heterocycles. The van der Waals surface area contributed by atoms with E-state index in [1.807, 2.05) is 62.5 Å². The van der Waals surface area contributed by atoms with Gasteiger partial charge in [0.2, 0.25) is 5.96 Å². The third-order valence-electron chi connectivity index (χ3n) is 4.85. The largest absolute Gasteiger partial charge is 0.345 e. The zero-order chi connectivity index (χ0) is 19.4. The van der Waals surface area contributed by atoms with Gasteiger partial charge in [-0.3, -0.25) is 4.79 Å². The molecule has 0 radical (unpaired) electrons. The molecule has 0 spiro atoms. The number of nitrogens with zero attached hydrogens (tertiary/aromatic N) is 3. The lowest BCUT2D eigenvalue weighted by Crippen LogP contribution is -2.43. The highest BCUT2D eigenvalue weighted by Gasteiger charge is 2.37. The number of carbonyl (C=O) groups is 1. The molecule has 4 nitrogen and oxygen atoms in total. The minimum Gasteiger partial charge on any atom is -0.345 e. The van der Waals surface area contributed by atoms with Crippen molar-refractivity contribution >= 4 is 29.2 Å². The predicted octanol–water partition coefficient (Wildman–Crippen LogP) is 4.69. The highest BCUT2D eigenvalue weighted by Crippen LogP contribution is 2.28. The number of aryl methyl sites for hydroxylation is 1. The lowest BCUT2D eigenvalue weighted by Gasteiger charge is -2.26. The first-order chi connectivity index (χ1) is 13.0. The number of aliphatic imine (C=N–C) groups is 1. The van der Waals surface area contributed by atoms with Gasteiger partial charge < -0.3 is 4.90 Å². The summed E-state index contributed by atoms with van der Waals surface area (Å²) >= 11 is 6.33. The molecule has 2 aromatic rings. The second-order valence-corrected chi connectivity index (χ2v) is 7.42. The normalized spacial score (nSPS) is 16.6. The standard InChI is InChI=1S/C22H26ClN3O/c1-4-5-13-25(3)22-24-20(14-17-9-7-6-8-10-17)21(27)26(22)18-12-11-16(2)19(23)15-18/h6-12,15,20H,4-5,13-14H2,1-3H3. The third-order valence-corrected chi connectivity index (χ3v) is 5.26. The van der Waals surface area contributed by atoms with Crippen molar-refractivity contribution in [2.75, 3.05) is 18.5 Å². The number of benzene rings is 2. The number of halogens is 1. The molecule has 142 valence electrons. The second kappa shape index (κ2) is 8.57. The van der Waals surface area contributed by atoms with Crippen LogP contribution in [0.1, 0.15) is 30.9 Å². The van der Waals surface area contributed by atoms with Crippen LogP contribution in [0.25, 0.3) is 0 Å². The van der Waals surface area contributed by atoms with Crippen molar-refractivity contribution in [2.45, 2.75) is 39.2 Å². The molecule has 0 bridgehead atoms. The molecule has 1 atom stereocenters. The molecule has 1 amide bonds. The van der Waals surface area contributed by atoms with Gasteiger partial charge in [-0.25, -0.2) is 9.89 Å². The second-order valence-electron chi connectivity index (χ2n) is 7.02. The van der Waals surface area contributed by atoms with E-state index in [-0.39, 0.29) is 5.91 Å². The maximum Gasteiger partial charge on any atom is 0.259 e. The van der Waals surface area contributed by atoms with Crippen LogP contribution in [-0.4, -0.2) is 36.4 Å². The average molecular weight is 384 g/mol. The molecule has 2 aromatic carbocycles. The van der Waals surface area contributed by atoms with Gasteiger partial charge in [0.15, 0.2) is 0 Å². The van der Waals surface area contributed by atoms with Gasteiger partial charge in [0, 0.05) is 25.0 Å². The van der Waals surface area contributed by atoms with E-state index in [1.165, 1.54) is 0 Å². The van der Waals surface area contributed by atoms with E-state index in [1.54, 1.807) is 4.90 Å². The quantitative estimate of drug-likeness (QED) is 0.725. The Kier molecular flexibility index (Phi) is 6.17. The molecule has 0 aromatic heterocycles. The van der Waals surface area contributed by atoms with Gasteiger partial charge in [0.25, 0.3) is 5.91 Å². The molecular formula is C22H26ClN3O. The number of hydrogen-bond donors (Lipinski definition) is 0. The maximum absolute atomic E-state index is 13.2. The Morgan fingerprint density at radius 2 is 1.93 bits per heavy atom. The van der Waals surface area contributed by atoms with Gasteiger partial charge in [-0.1, -0.05) is 61.3 Å². The molecule has 1 aliphatic rings. The van der Waals surface area contributed by atoms with Crippen molar-refractivity contribution < 1.29 is 4.79 Å². The first-order valence-corrected chi connectivity index (χ1v) is 9.82. The lowest BCUT2D eigenvalue weighted by molar-refractivity contribution is -0.118. The molecule has 1 unspecified atom stereocenters. The lowest BCUT2D eigenvalue weighted by atomic mass is 10.1. The summed E-state index contributed by atoms with van der Waals surface area (Å²) in [6.07, 6.45) is 2.74. The van der Waals surface area contributed by atoms with Crippen LogP contribution in [0, 0.1) is 6.92 Å². The summed E-state index contributed by atoms with van der Waals surface area (Å²) in [7, 11) is 2.00. The van der Waals surface area contributed by atoms with E-state index >= 15 is 0 Å². The van der Waals surface area contributed by atoms with Crippen molar-refractivity contribution in [3.63, 3.8) is 0 Å². The van der Waals surface area contributed by atoms with Gasteiger partial charge in [-0.05, 0) is 36.6 Å². The molecular weight excluding hydrogens is 358 g/mol. The Hall–Kier alpha value is -2.33. The molecule has 27 heavy (non-hydrogen) atoms. The van der Waals surface area contributed by atoms with Crippen molar-refractivity contribution in [3.8, 4) is 0 Å². The number of hydrogen-bond acceptors (Lipinski definition) is 3. The van der Waals surface area contributed by atoms with Crippen molar-refractivity contribution in [3.05, 3.63) is 64.7 Å². The van der Waals surface area contributed by atoms with Crippen LogP contribution in [0.4, 0.5) is 5.69 Å². The van der Waals surface area contributed by atoms with Gasteiger partial charge >= 0.3 is 0 Å².